The molecule has 0 aliphatic carbocycles. The molecule has 0 aliphatic heterocycles. The Balaban J connectivity index is 2.13. The standard InChI is InChI=1S/C15H17BrFNO/c1-10(2)15(19)12-5-6-18(9-12)8-11-3-4-14(17)13(16)7-11/h3-7,9-10,15,19H,8H2,1-2H3. The summed E-state index contributed by atoms with van der Waals surface area (Å²) in [5.74, 6) is -0.0667. The van der Waals surface area contributed by atoms with Crippen molar-refractivity contribution in [2.24, 2.45) is 5.92 Å². The minimum Gasteiger partial charge on any atom is -0.388 e. The summed E-state index contributed by atoms with van der Waals surface area (Å²) >= 11 is 3.18. The van der Waals surface area contributed by atoms with E-state index in [0.29, 0.717) is 11.0 Å². The van der Waals surface area contributed by atoms with Crippen molar-refractivity contribution < 1.29 is 9.50 Å². The first-order valence-corrected chi connectivity index (χ1v) is 7.04. The summed E-state index contributed by atoms with van der Waals surface area (Å²) < 4.78 is 15.6. The highest BCUT2D eigenvalue weighted by Gasteiger charge is 2.13. The Hall–Kier alpha value is -1.13. The van der Waals surface area contributed by atoms with Crippen LogP contribution in [-0.4, -0.2) is 9.67 Å². The molecule has 1 unspecified atom stereocenters. The Morgan fingerprint density at radius 3 is 2.68 bits per heavy atom. The van der Waals surface area contributed by atoms with E-state index in [-0.39, 0.29) is 11.7 Å². The van der Waals surface area contributed by atoms with E-state index in [2.05, 4.69) is 15.9 Å². The lowest BCUT2D eigenvalue weighted by Crippen LogP contribution is -2.04. The number of hydrogen-bond acceptors (Lipinski definition) is 1. The molecule has 0 spiro atoms. The van der Waals surface area contributed by atoms with E-state index < -0.39 is 6.10 Å². The van der Waals surface area contributed by atoms with Crippen molar-refractivity contribution in [1.82, 2.24) is 4.57 Å². The monoisotopic (exact) mass is 325 g/mol. The molecule has 0 radical (unpaired) electrons. The fourth-order valence-corrected chi connectivity index (χ4v) is 2.39. The third-order valence-electron chi connectivity index (χ3n) is 3.10. The molecule has 1 atom stereocenters. The van der Waals surface area contributed by atoms with Crippen molar-refractivity contribution >= 4 is 15.9 Å². The third-order valence-corrected chi connectivity index (χ3v) is 3.70. The van der Waals surface area contributed by atoms with Gasteiger partial charge in [0.05, 0.1) is 10.6 Å². The Labute approximate surface area is 121 Å². The SMILES string of the molecule is CC(C)C(O)c1ccn(Cc2ccc(F)c(Br)c2)c1. The van der Waals surface area contributed by atoms with Crippen LogP contribution < -0.4 is 0 Å². The van der Waals surface area contributed by atoms with Gasteiger partial charge in [0.2, 0.25) is 0 Å². The summed E-state index contributed by atoms with van der Waals surface area (Å²) in [5, 5.41) is 9.99. The highest BCUT2D eigenvalue weighted by molar-refractivity contribution is 9.10. The van der Waals surface area contributed by atoms with Crippen LogP contribution in [0.15, 0.2) is 41.1 Å². The molecule has 0 amide bonds. The number of aromatic nitrogens is 1. The molecule has 0 bridgehead atoms. The van der Waals surface area contributed by atoms with Gasteiger partial charge in [0.15, 0.2) is 0 Å². The zero-order chi connectivity index (χ0) is 14.0. The largest absolute Gasteiger partial charge is 0.388 e. The van der Waals surface area contributed by atoms with Crippen LogP contribution in [0.2, 0.25) is 0 Å². The number of hydrogen-bond donors (Lipinski definition) is 1. The molecule has 102 valence electrons. The highest BCUT2D eigenvalue weighted by Crippen LogP contribution is 2.22. The minimum atomic E-state index is -0.443. The average Bonchev–Trinajstić information content (AvgIpc) is 2.81. The minimum absolute atomic E-state index is 0.191. The summed E-state index contributed by atoms with van der Waals surface area (Å²) in [6.07, 6.45) is 3.42. The van der Waals surface area contributed by atoms with Crippen LogP contribution in [0.1, 0.15) is 31.1 Å². The Kier molecular flexibility index (Phi) is 4.42. The highest BCUT2D eigenvalue weighted by atomic mass is 79.9. The fraction of sp³-hybridized carbons (Fsp3) is 0.333. The van der Waals surface area contributed by atoms with Gasteiger partial charge in [0, 0.05) is 18.9 Å². The maximum absolute atomic E-state index is 13.1. The summed E-state index contributed by atoms with van der Waals surface area (Å²) in [6, 6.07) is 6.91. The van der Waals surface area contributed by atoms with Gasteiger partial charge in [-0.15, -0.1) is 0 Å². The maximum Gasteiger partial charge on any atom is 0.137 e. The summed E-state index contributed by atoms with van der Waals surface area (Å²) in [6.45, 7) is 4.63. The van der Waals surface area contributed by atoms with E-state index >= 15 is 0 Å². The Bertz CT molecular complexity index is 565. The van der Waals surface area contributed by atoms with Crippen LogP contribution >= 0.6 is 15.9 Å². The smallest absolute Gasteiger partial charge is 0.137 e. The van der Waals surface area contributed by atoms with Crippen LogP contribution in [0.5, 0.6) is 0 Å². The van der Waals surface area contributed by atoms with Crippen molar-refractivity contribution in [2.45, 2.75) is 26.5 Å². The van der Waals surface area contributed by atoms with Gasteiger partial charge >= 0.3 is 0 Å². The van der Waals surface area contributed by atoms with Gasteiger partial charge in [-0.1, -0.05) is 19.9 Å². The lowest BCUT2D eigenvalue weighted by Gasteiger charge is -2.12. The normalized spacial score (nSPS) is 12.9. The molecule has 1 aromatic carbocycles. The molecule has 2 aromatic rings. The van der Waals surface area contributed by atoms with E-state index in [1.807, 2.05) is 36.9 Å². The molecular formula is C15H17BrFNO. The molecule has 4 heteroatoms. The average molecular weight is 326 g/mol. The van der Waals surface area contributed by atoms with Gasteiger partial charge in [-0.2, -0.15) is 0 Å². The second kappa shape index (κ2) is 5.88. The van der Waals surface area contributed by atoms with E-state index in [1.54, 1.807) is 12.1 Å². The van der Waals surface area contributed by atoms with Crippen LogP contribution in [0.4, 0.5) is 4.39 Å². The second-order valence-electron chi connectivity index (χ2n) is 5.05. The molecule has 0 saturated carbocycles. The van der Waals surface area contributed by atoms with Crippen molar-refractivity contribution in [3.05, 3.63) is 58.1 Å². The van der Waals surface area contributed by atoms with Gasteiger partial charge in [-0.25, -0.2) is 4.39 Å². The lowest BCUT2D eigenvalue weighted by molar-refractivity contribution is 0.127. The number of aliphatic hydroxyl groups excluding tert-OH is 1. The van der Waals surface area contributed by atoms with E-state index in [1.165, 1.54) is 6.07 Å². The first kappa shape index (κ1) is 14.3. The van der Waals surface area contributed by atoms with Gasteiger partial charge in [0.25, 0.3) is 0 Å². The van der Waals surface area contributed by atoms with Crippen LogP contribution in [0.25, 0.3) is 0 Å². The quantitative estimate of drug-likeness (QED) is 0.898. The zero-order valence-corrected chi connectivity index (χ0v) is 12.6. The molecule has 1 aromatic heterocycles. The first-order chi connectivity index (χ1) is 8.97. The first-order valence-electron chi connectivity index (χ1n) is 6.25. The molecule has 0 fully saturated rings. The molecule has 19 heavy (non-hydrogen) atoms. The number of halogens is 2. The zero-order valence-electron chi connectivity index (χ0n) is 11.0. The predicted octanol–water partition coefficient (Wildman–Crippen LogP) is 4.13. The lowest BCUT2D eigenvalue weighted by atomic mass is 10.0. The summed E-state index contributed by atoms with van der Waals surface area (Å²) in [7, 11) is 0. The van der Waals surface area contributed by atoms with Crippen molar-refractivity contribution in [1.29, 1.82) is 0 Å². The third kappa shape index (κ3) is 3.45. The van der Waals surface area contributed by atoms with Crippen molar-refractivity contribution in [3.63, 3.8) is 0 Å². The van der Waals surface area contributed by atoms with Crippen molar-refractivity contribution in [3.8, 4) is 0 Å². The van der Waals surface area contributed by atoms with E-state index in [0.717, 1.165) is 11.1 Å². The second-order valence-corrected chi connectivity index (χ2v) is 5.91. The van der Waals surface area contributed by atoms with Gasteiger partial charge in [-0.05, 0) is 51.2 Å². The number of nitrogens with zero attached hydrogens (tertiary/aromatic N) is 1. The maximum atomic E-state index is 13.1. The van der Waals surface area contributed by atoms with E-state index in [4.69, 9.17) is 0 Å². The fourth-order valence-electron chi connectivity index (χ4n) is 1.97. The van der Waals surface area contributed by atoms with E-state index in [9.17, 15) is 9.50 Å². The molecule has 0 saturated heterocycles. The molecular weight excluding hydrogens is 309 g/mol. The molecule has 1 N–H and O–H groups in total. The topological polar surface area (TPSA) is 25.2 Å². The van der Waals surface area contributed by atoms with Gasteiger partial charge < -0.3 is 9.67 Å². The Morgan fingerprint density at radius 1 is 1.32 bits per heavy atom. The number of rotatable bonds is 4. The van der Waals surface area contributed by atoms with Crippen LogP contribution in [0, 0.1) is 11.7 Å². The number of benzene rings is 1. The number of aliphatic hydroxyl groups is 1. The molecule has 2 rings (SSSR count). The Morgan fingerprint density at radius 2 is 2.05 bits per heavy atom. The molecule has 2 nitrogen and oxygen atoms in total. The molecule has 0 aliphatic rings. The molecule has 1 heterocycles. The van der Waals surface area contributed by atoms with Gasteiger partial charge in [0.1, 0.15) is 5.82 Å². The van der Waals surface area contributed by atoms with Crippen LogP contribution in [0.3, 0.4) is 0 Å². The van der Waals surface area contributed by atoms with Gasteiger partial charge in [-0.3, -0.25) is 0 Å². The summed E-state index contributed by atoms with van der Waals surface area (Å²) in [5.41, 5.74) is 1.92. The van der Waals surface area contributed by atoms with Crippen molar-refractivity contribution in [2.75, 3.05) is 0 Å². The predicted molar refractivity (Wildman–Crippen MR) is 77.4 cm³/mol. The van der Waals surface area contributed by atoms with Crippen LogP contribution in [-0.2, 0) is 6.54 Å². The summed E-state index contributed by atoms with van der Waals surface area (Å²) in [4.78, 5) is 0.